The average Bonchev–Trinajstić information content (AvgIpc) is 3.20. The van der Waals surface area contributed by atoms with E-state index in [0.717, 1.165) is 62.3 Å². The van der Waals surface area contributed by atoms with Crippen LogP contribution in [-0.4, -0.2) is 64.2 Å². The lowest BCUT2D eigenvalue weighted by molar-refractivity contribution is 0.243. The van der Waals surface area contributed by atoms with Crippen molar-refractivity contribution in [1.82, 2.24) is 19.9 Å². The average molecular weight is 369 g/mol. The Hall–Kier alpha value is -2.61. The van der Waals surface area contributed by atoms with Gasteiger partial charge in [-0.3, -0.25) is 9.88 Å². The predicted octanol–water partition coefficient (Wildman–Crippen LogP) is 1.39. The second kappa shape index (κ2) is 7.56. The van der Waals surface area contributed by atoms with Gasteiger partial charge in [-0.25, -0.2) is 0 Å². The second-order valence-corrected chi connectivity index (χ2v) is 7.32. The number of nitrogens with two attached hydrogens (primary N) is 1. The Morgan fingerprint density at radius 2 is 1.56 bits per heavy atom. The fourth-order valence-electron chi connectivity index (χ4n) is 3.78. The topological polar surface area (TPSA) is 94.6 Å². The van der Waals surface area contributed by atoms with Crippen molar-refractivity contribution in [1.29, 1.82) is 0 Å². The largest absolute Gasteiger partial charge is 0.506 e. The summed E-state index contributed by atoms with van der Waals surface area (Å²) in [7, 11) is 0. The summed E-state index contributed by atoms with van der Waals surface area (Å²) < 4.78 is 0. The minimum atomic E-state index is 0.266. The van der Waals surface area contributed by atoms with E-state index in [1.807, 2.05) is 13.0 Å². The van der Waals surface area contributed by atoms with Crippen LogP contribution in [0.15, 0.2) is 18.2 Å². The molecule has 2 aromatic rings. The molecular formula is C19H27N7O. The molecule has 2 fully saturated rings. The van der Waals surface area contributed by atoms with Gasteiger partial charge in [0.1, 0.15) is 17.4 Å². The lowest BCUT2D eigenvalue weighted by Gasteiger charge is -2.35. The molecule has 0 atom stereocenters. The molecule has 0 spiro atoms. The summed E-state index contributed by atoms with van der Waals surface area (Å²) in [5, 5.41) is 10.0. The third-order valence-electron chi connectivity index (χ3n) is 5.31. The Morgan fingerprint density at radius 1 is 0.926 bits per heavy atom. The van der Waals surface area contributed by atoms with E-state index in [1.54, 1.807) is 6.07 Å². The number of rotatable bonds is 4. The van der Waals surface area contributed by atoms with Crippen LogP contribution in [0, 0.1) is 6.92 Å². The van der Waals surface area contributed by atoms with E-state index in [-0.39, 0.29) is 5.75 Å². The first kappa shape index (κ1) is 17.8. The van der Waals surface area contributed by atoms with Crippen LogP contribution in [0.2, 0.25) is 0 Å². The summed E-state index contributed by atoms with van der Waals surface area (Å²) in [6, 6.07) is 5.61. The minimum absolute atomic E-state index is 0.266. The van der Waals surface area contributed by atoms with E-state index in [4.69, 9.17) is 5.73 Å². The molecule has 0 amide bonds. The molecule has 27 heavy (non-hydrogen) atoms. The number of aryl methyl sites for hydroxylation is 1. The number of hydrogen-bond acceptors (Lipinski definition) is 8. The van der Waals surface area contributed by atoms with Crippen molar-refractivity contribution in [3.05, 3.63) is 29.6 Å². The first-order valence-corrected chi connectivity index (χ1v) is 9.61. The van der Waals surface area contributed by atoms with Gasteiger partial charge in [0.25, 0.3) is 0 Å². The Bertz CT molecular complexity index is 799. The van der Waals surface area contributed by atoms with Gasteiger partial charge in [0, 0.05) is 57.6 Å². The first-order valence-electron chi connectivity index (χ1n) is 9.61. The molecule has 0 aromatic carbocycles. The maximum absolute atomic E-state index is 10.0. The standard InChI is InChI=1S/C19H27N7O/c1-14-4-5-16(27)15(21-14)13-24-8-10-26(11-9-24)18-12-17(22-19(20)23-18)25-6-2-3-7-25/h4-5,12,27H,2-3,6-11,13H2,1H3,(H2,20,22,23). The number of anilines is 3. The third kappa shape index (κ3) is 4.05. The van der Waals surface area contributed by atoms with Gasteiger partial charge >= 0.3 is 0 Å². The van der Waals surface area contributed by atoms with Crippen molar-refractivity contribution in [2.24, 2.45) is 0 Å². The number of nitrogens with zero attached hydrogens (tertiary/aromatic N) is 6. The van der Waals surface area contributed by atoms with Gasteiger partial charge in [0.15, 0.2) is 0 Å². The van der Waals surface area contributed by atoms with Gasteiger partial charge < -0.3 is 20.6 Å². The summed E-state index contributed by atoms with van der Waals surface area (Å²) in [6.07, 6.45) is 2.41. The SMILES string of the molecule is Cc1ccc(O)c(CN2CCN(c3cc(N4CCCC4)nc(N)n3)CC2)n1. The van der Waals surface area contributed by atoms with Crippen molar-refractivity contribution in [2.45, 2.75) is 26.3 Å². The molecule has 2 saturated heterocycles. The Balaban J connectivity index is 1.41. The molecular weight excluding hydrogens is 342 g/mol. The van der Waals surface area contributed by atoms with Crippen LogP contribution in [-0.2, 0) is 6.54 Å². The molecule has 8 heteroatoms. The lowest BCUT2D eigenvalue weighted by atomic mass is 10.2. The summed E-state index contributed by atoms with van der Waals surface area (Å²) >= 11 is 0. The smallest absolute Gasteiger partial charge is 0.223 e. The van der Waals surface area contributed by atoms with Crippen LogP contribution in [0.3, 0.4) is 0 Å². The van der Waals surface area contributed by atoms with Gasteiger partial charge in [0.2, 0.25) is 5.95 Å². The van der Waals surface area contributed by atoms with Crippen LogP contribution < -0.4 is 15.5 Å². The van der Waals surface area contributed by atoms with Gasteiger partial charge in [0.05, 0.1) is 5.69 Å². The Labute approximate surface area is 159 Å². The van der Waals surface area contributed by atoms with Gasteiger partial charge in [-0.2, -0.15) is 9.97 Å². The molecule has 0 radical (unpaired) electrons. The molecule has 8 nitrogen and oxygen atoms in total. The molecule has 144 valence electrons. The van der Waals surface area contributed by atoms with E-state index >= 15 is 0 Å². The summed E-state index contributed by atoms with van der Waals surface area (Å²) in [5.74, 6) is 2.44. The minimum Gasteiger partial charge on any atom is -0.506 e. The van der Waals surface area contributed by atoms with E-state index in [0.29, 0.717) is 12.5 Å². The number of aromatic hydroxyl groups is 1. The second-order valence-electron chi connectivity index (χ2n) is 7.32. The zero-order valence-corrected chi connectivity index (χ0v) is 15.8. The highest BCUT2D eigenvalue weighted by Gasteiger charge is 2.22. The highest BCUT2D eigenvalue weighted by Crippen LogP contribution is 2.25. The van der Waals surface area contributed by atoms with Crippen LogP contribution in [0.5, 0.6) is 5.75 Å². The quantitative estimate of drug-likeness (QED) is 0.835. The van der Waals surface area contributed by atoms with Gasteiger partial charge in [-0.05, 0) is 31.9 Å². The van der Waals surface area contributed by atoms with Gasteiger partial charge in [-0.1, -0.05) is 0 Å². The molecule has 0 bridgehead atoms. The zero-order valence-electron chi connectivity index (χ0n) is 15.8. The molecule has 2 aromatic heterocycles. The highest BCUT2D eigenvalue weighted by molar-refractivity contribution is 5.54. The van der Waals surface area contributed by atoms with Crippen LogP contribution >= 0.6 is 0 Å². The summed E-state index contributed by atoms with van der Waals surface area (Å²) in [4.78, 5) is 20.2. The van der Waals surface area contributed by atoms with Crippen molar-refractivity contribution in [3.8, 4) is 5.75 Å². The summed E-state index contributed by atoms with van der Waals surface area (Å²) in [6.45, 7) is 8.18. The molecule has 2 aliphatic rings. The van der Waals surface area contributed by atoms with Crippen LogP contribution in [0.1, 0.15) is 24.2 Å². The maximum Gasteiger partial charge on any atom is 0.223 e. The molecule has 0 aliphatic carbocycles. The maximum atomic E-state index is 10.0. The van der Waals surface area contributed by atoms with E-state index < -0.39 is 0 Å². The number of pyridine rings is 1. The molecule has 0 saturated carbocycles. The molecule has 0 unspecified atom stereocenters. The highest BCUT2D eigenvalue weighted by atomic mass is 16.3. The monoisotopic (exact) mass is 369 g/mol. The Morgan fingerprint density at radius 3 is 2.22 bits per heavy atom. The van der Waals surface area contributed by atoms with Crippen LogP contribution in [0.4, 0.5) is 17.6 Å². The lowest BCUT2D eigenvalue weighted by Crippen LogP contribution is -2.46. The number of aromatic nitrogens is 3. The van der Waals surface area contributed by atoms with E-state index in [1.165, 1.54) is 12.8 Å². The summed E-state index contributed by atoms with van der Waals surface area (Å²) in [5.41, 5.74) is 7.64. The van der Waals surface area contributed by atoms with Crippen LogP contribution in [0.25, 0.3) is 0 Å². The van der Waals surface area contributed by atoms with Crippen molar-refractivity contribution < 1.29 is 5.11 Å². The molecule has 2 aliphatic heterocycles. The predicted molar refractivity (Wildman–Crippen MR) is 106 cm³/mol. The molecule has 4 rings (SSSR count). The van der Waals surface area contributed by atoms with Crippen molar-refractivity contribution in [2.75, 3.05) is 54.8 Å². The van der Waals surface area contributed by atoms with Crippen molar-refractivity contribution >= 4 is 17.6 Å². The van der Waals surface area contributed by atoms with E-state index in [2.05, 4.69) is 35.7 Å². The van der Waals surface area contributed by atoms with Gasteiger partial charge in [-0.15, -0.1) is 0 Å². The van der Waals surface area contributed by atoms with Crippen molar-refractivity contribution in [3.63, 3.8) is 0 Å². The third-order valence-corrected chi connectivity index (χ3v) is 5.31. The normalized spacial score (nSPS) is 18.3. The number of piperazine rings is 1. The van der Waals surface area contributed by atoms with E-state index in [9.17, 15) is 5.11 Å². The first-order chi connectivity index (χ1) is 13.1. The number of hydrogen-bond donors (Lipinski definition) is 2. The Kier molecular flexibility index (Phi) is 4.98. The molecule has 4 heterocycles. The zero-order chi connectivity index (χ0) is 18.8. The fraction of sp³-hybridized carbons (Fsp3) is 0.526. The fourth-order valence-corrected chi connectivity index (χ4v) is 3.78. The number of nitrogen functional groups attached to an aromatic ring is 1. The molecule has 3 N–H and O–H groups in total.